The molecule has 16 heteroatoms. The first-order chi connectivity index (χ1) is 17.8. The third-order valence-corrected chi connectivity index (χ3v) is 4.87. The van der Waals surface area contributed by atoms with Crippen LogP contribution in [0.5, 0.6) is 0 Å². The lowest BCUT2D eigenvalue weighted by molar-refractivity contribution is -0.297. The topological polar surface area (TPSA) is 179 Å². The van der Waals surface area contributed by atoms with Gasteiger partial charge >= 0.3 is 41.8 Å². The Morgan fingerprint density at radius 3 is 1.95 bits per heavy atom. The summed E-state index contributed by atoms with van der Waals surface area (Å²) >= 11 is 0. The Morgan fingerprint density at radius 1 is 0.949 bits per heavy atom. The van der Waals surface area contributed by atoms with Crippen molar-refractivity contribution >= 4 is 35.9 Å². The molecule has 0 radical (unpaired) electrons. The average Bonchev–Trinajstić information content (AvgIpc) is 2.77. The second-order valence-corrected chi connectivity index (χ2v) is 9.39. The van der Waals surface area contributed by atoms with Crippen molar-refractivity contribution in [3.05, 3.63) is 0 Å². The largest absolute Gasteiger partial charge is 0.465 e. The second kappa shape index (κ2) is 13.5. The molecule has 1 saturated heterocycles. The lowest BCUT2D eigenvalue weighted by Gasteiger charge is -2.47. The van der Waals surface area contributed by atoms with Crippen LogP contribution >= 0.6 is 0 Å². The van der Waals surface area contributed by atoms with Crippen molar-refractivity contribution in [2.45, 2.75) is 96.6 Å². The van der Waals surface area contributed by atoms with Gasteiger partial charge in [-0.05, 0) is 20.8 Å². The van der Waals surface area contributed by atoms with Gasteiger partial charge < -0.3 is 38.5 Å². The lowest BCUT2D eigenvalue weighted by Crippen LogP contribution is -2.72. The monoisotopic (exact) mass is 569 g/mol. The molecule has 1 fully saturated rings. The van der Waals surface area contributed by atoms with Gasteiger partial charge in [-0.1, -0.05) is 0 Å². The standard InChI is InChI=1S/C23H33F2NO13/c1-10(27)34-9-14(35-11(2)28)16(36-12(3)29)17-15(26-21(32)39-22(5,6)7)18(37-13(4)30)19(24)23(25,38-17)20(31)33-8/h14-19H,9H2,1-8H3,(H,26,32)/t14-,15+,16-,17?,18?,19?,23+/m1/s1. The minimum absolute atomic E-state index is 0.715. The van der Waals surface area contributed by atoms with Gasteiger partial charge in [0.2, 0.25) is 6.17 Å². The highest BCUT2D eigenvalue weighted by molar-refractivity contribution is 5.79. The van der Waals surface area contributed by atoms with Crippen molar-refractivity contribution in [1.82, 2.24) is 5.32 Å². The van der Waals surface area contributed by atoms with E-state index in [4.69, 9.17) is 28.4 Å². The highest BCUT2D eigenvalue weighted by Crippen LogP contribution is 2.39. The molecule has 0 aromatic heterocycles. The first kappa shape index (κ1) is 33.5. The summed E-state index contributed by atoms with van der Waals surface area (Å²) < 4.78 is 66.1. The molecule has 7 atom stereocenters. The van der Waals surface area contributed by atoms with Gasteiger partial charge in [0.25, 0.3) is 0 Å². The van der Waals surface area contributed by atoms with Crippen LogP contribution in [-0.2, 0) is 57.1 Å². The molecule has 1 aliphatic heterocycles. The molecule has 222 valence electrons. The predicted octanol–water partition coefficient (Wildman–Crippen LogP) is 0.814. The average molecular weight is 570 g/mol. The number of alkyl halides is 2. The molecule has 1 aliphatic rings. The maximum Gasteiger partial charge on any atom is 0.408 e. The Bertz CT molecular complexity index is 953. The number of rotatable bonds is 9. The molecule has 1 amide bonds. The first-order valence-corrected chi connectivity index (χ1v) is 11.6. The fraction of sp³-hybridized carbons (Fsp3) is 0.739. The van der Waals surface area contributed by atoms with Crippen LogP contribution in [0.25, 0.3) is 0 Å². The summed E-state index contributed by atoms with van der Waals surface area (Å²) in [5.74, 6) is -9.97. The van der Waals surface area contributed by atoms with Crippen LogP contribution in [0.1, 0.15) is 48.5 Å². The Labute approximate surface area is 222 Å². The zero-order chi connectivity index (χ0) is 30.3. The summed E-state index contributed by atoms with van der Waals surface area (Å²) in [6.07, 6.45) is -12.5. The summed E-state index contributed by atoms with van der Waals surface area (Å²) in [6, 6.07) is -1.94. The maximum absolute atomic E-state index is 15.9. The molecular formula is C23H33F2NO13. The minimum atomic E-state index is -3.98. The first-order valence-electron chi connectivity index (χ1n) is 11.6. The number of esters is 5. The second-order valence-electron chi connectivity index (χ2n) is 9.39. The molecule has 1 rings (SSSR count). The van der Waals surface area contributed by atoms with E-state index in [1.165, 1.54) is 20.8 Å². The zero-order valence-corrected chi connectivity index (χ0v) is 22.7. The molecule has 0 bridgehead atoms. The summed E-state index contributed by atoms with van der Waals surface area (Å²) in [4.78, 5) is 72.1. The molecular weight excluding hydrogens is 536 g/mol. The number of alkyl carbamates (subject to hydrolysis) is 1. The van der Waals surface area contributed by atoms with Crippen molar-refractivity contribution in [3.63, 3.8) is 0 Å². The van der Waals surface area contributed by atoms with E-state index in [-0.39, 0.29) is 0 Å². The van der Waals surface area contributed by atoms with Crippen molar-refractivity contribution in [2.24, 2.45) is 0 Å². The van der Waals surface area contributed by atoms with E-state index < -0.39 is 90.6 Å². The number of carbonyl (C=O) groups is 6. The fourth-order valence-electron chi connectivity index (χ4n) is 3.58. The van der Waals surface area contributed by atoms with E-state index in [1.807, 2.05) is 0 Å². The molecule has 0 aliphatic carbocycles. The summed E-state index contributed by atoms with van der Waals surface area (Å²) in [5, 5.41) is 2.17. The van der Waals surface area contributed by atoms with Crippen LogP contribution in [0, 0.1) is 0 Å². The summed E-state index contributed by atoms with van der Waals surface area (Å²) in [5.41, 5.74) is -1.10. The molecule has 0 aromatic rings. The Hall–Kier alpha value is -3.56. The van der Waals surface area contributed by atoms with Crippen LogP contribution in [-0.4, -0.2) is 97.7 Å². The SMILES string of the molecule is COC(=O)[C@@]1(F)OC([C@H](OC(C)=O)[C@@H](COC(C)=O)OC(C)=O)[C@H](NC(=O)OC(C)(C)C)C(OC(C)=O)C1F. The Balaban J connectivity index is 3.82. The van der Waals surface area contributed by atoms with Gasteiger partial charge in [-0.2, -0.15) is 4.39 Å². The molecule has 1 heterocycles. The number of carbonyl (C=O) groups excluding carboxylic acids is 6. The molecule has 3 unspecified atom stereocenters. The van der Waals surface area contributed by atoms with Gasteiger partial charge in [0.1, 0.15) is 24.4 Å². The highest BCUT2D eigenvalue weighted by Gasteiger charge is 2.66. The number of nitrogens with one attached hydrogen (secondary N) is 1. The minimum Gasteiger partial charge on any atom is -0.465 e. The third-order valence-electron chi connectivity index (χ3n) is 4.87. The van der Waals surface area contributed by atoms with Crippen molar-refractivity contribution in [3.8, 4) is 0 Å². The quantitative estimate of drug-likeness (QED) is 0.305. The van der Waals surface area contributed by atoms with Crippen molar-refractivity contribution in [2.75, 3.05) is 13.7 Å². The van der Waals surface area contributed by atoms with Crippen molar-refractivity contribution in [1.29, 1.82) is 0 Å². The van der Waals surface area contributed by atoms with E-state index >= 15 is 8.78 Å². The normalized spacial score (nSPS) is 26.2. The van der Waals surface area contributed by atoms with Crippen LogP contribution in [0.2, 0.25) is 0 Å². The fourth-order valence-corrected chi connectivity index (χ4v) is 3.58. The molecule has 0 spiro atoms. The summed E-state index contributed by atoms with van der Waals surface area (Å²) in [6.45, 7) is 7.36. The van der Waals surface area contributed by atoms with Gasteiger partial charge in [-0.25, -0.2) is 14.0 Å². The highest BCUT2D eigenvalue weighted by atomic mass is 19.2. The number of methoxy groups -OCH3 is 1. The van der Waals surface area contributed by atoms with Gasteiger partial charge in [0, 0.05) is 27.7 Å². The maximum atomic E-state index is 15.9. The van der Waals surface area contributed by atoms with Crippen LogP contribution in [0.15, 0.2) is 0 Å². The lowest BCUT2D eigenvalue weighted by atomic mass is 9.87. The number of ether oxygens (including phenoxy) is 7. The summed E-state index contributed by atoms with van der Waals surface area (Å²) in [7, 11) is 0.715. The van der Waals surface area contributed by atoms with Crippen LogP contribution in [0.3, 0.4) is 0 Å². The van der Waals surface area contributed by atoms with Crippen LogP contribution < -0.4 is 5.32 Å². The number of halogens is 2. The van der Waals surface area contributed by atoms with E-state index in [0.717, 1.165) is 27.7 Å². The van der Waals surface area contributed by atoms with Gasteiger partial charge in [0.05, 0.1) is 7.11 Å². The Kier molecular flexibility index (Phi) is 11.6. The van der Waals surface area contributed by atoms with E-state index in [9.17, 15) is 28.8 Å². The number of amides is 1. The molecule has 0 aromatic carbocycles. The van der Waals surface area contributed by atoms with E-state index in [0.29, 0.717) is 7.11 Å². The number of hydrogen-bond acceptors (Lipinski definition) is 13. The Morgan fingerprint density at radius 2 is 1.51 bits per heavy atom. The van der Waals surface area contributed by atoms with Crippen LogP contribution in [0.4, 0.5) is 13.6 Å². The molecule has 1 N–H and O–H groups in total. The van der Waals surface area contributed by atoms with Crippen molar-refractivity contribution < 1.29 is 70.7 Å². The van der Waals surface area contributed by atoms with Gasteiger partial charge in [-0.3, -0.25) is 19.2 Å². The third kappa shape index (κ3) is 9.60. The van der Waals surface area contributed by atoms with E-state index in [2.05, 4.69) is 10.1 Å². The van der Waals surface area contributed by atoms with Gasteiger partial charge in [-0.15, -0.1) is 0 Å². The van der Waals surface area contributed by atoms with E-state index in [1.54, 1.807) is 0 Å². The van der Waals surface area contributed by atoms with Gasteiger partial charge in [0.15, 0.2) is 18.3 Å². The smallest absolute Gasteiger partial charge is 0.408 e. The predicted molar refractivity (Wildman–Crippen MR) is 122 cm³/mol. The molecule has 14 nitrogen and oxygen atoms in total. The zero-order valence-electron chi connectivity index (χ0n) is 22.7. The number of hydrogen-bond donors (Lipinski definition) is 1. The molecule has 39 heavy (non-hydrogen) atoms. The molecule has 0 saturated carbocycles.